The summed E-state index contributed by atoms with van der Waals surface area (Å²) in [6.07, 6.45) is 4.14. The molecule has 16 heavy (non-hydrogen) atoms. The van der Waals surface area contributed by atoms with Crippen LogP contribution in [0.1, 0.15) is 24.9 Å². The predicted molar refractivity (Wildman–Crippen MR) is 61.8 cm³/mol. The molecule has 1 aromatic heterocycles. The number of carbonyl (C=O) groups excluding carboxylic acids is 1. The Kier molecular flexibility index (Phi) is 3.51. The van der Waals surface area contributed by atoms with Crippen molar-refractivity contribution in [1.82, 2.24) is 15.6 Å². The third kappa shape index (κ3) is 2.79. The van der Waals surface area contributed by atoms with E-state index in [2.05, 4.69) is 15.6 Å². The monoisotopic (exact) mass is 219 g/mol. The van der Waals surface area contributed by atoms with E-state index in [4.69, 9.17) is 0 Å². The highest BCUT2D eigenvalue weighted by atomic mass is 16.1. The smallest absolute Gasteiger partial charge is 0.220 e. The second-order valence-corrected chi connectivity index (χ2v) is 4.30. The molecule has 0 aliphatic carbocycles. The molecular weight excluding hydrogens is 202 g/mol. The van der Waals surface area contributed by atoms with Crippen LogP contribution in [0.15, 0.2) is 24.5 Å². The molecule has 0 bridgehead atoms. The van der Waals surface area contributed by atoms with E-state index in [1.54, 1.807) is 12.4 Å². The van der Waals surface area contributed by atoms with Crippen LogP contribution >= 0.6 is 0 Å². The van der Waals surface area contributed by atoms with Crippen molar-refractivity contribution >= 4 is 5.91 Å². The maximum atomic E-state index is 11.7. The number of hydrogen-bond acceptors (Lipinski definition) is 3. The number of hydrogen-bond donors (Lipinski definition) is 2. The summed E-state index contributed by atoms with van der Waals surface area (Å²) in [5.74, 6) is 0.643. The summed E-state index contributed by atoms with van der Waals surface area (Å²) in [5, 5.41) is 6.15. The molecular formula is C12H17N3O. The van der Waals surface area contributed by atoms with Crippen molar-refractivity contribution in [1.29, 1.82) is 0 Å². The molecule has 1 atom stereocenters. The van der Waals surface area contributed by atoms with E-state index in [1.807, 2.05) is 19.1 Å². The normalized spacial score (nSPS) is 17.6. The van der Waals surface area contributed by atoms with Gasteiger partial charge in [0.05, 0.1) is 6.04 Å². The molecule has 1 aliphatic rings. The van der Waals surface area contributed by atoms with E-state index >= 15 is 0 Å². The lowest BCUT2D eigenvalue weighted by molar-refractivity contribution is -0.123. The van der Waals surface area contributed by atoms with Crippen LogP contribution in [0.3, 0.4) is 0 Å². The first-order valence-electron chi connectivity index (χ1n) is 5.65. The Morgan fingerprint density at radius 2 is 2.50 bits per heavy atom. The van der Waals surface area contributed by atoms with Gasteiger partial charge >= 0.3 is 0 Å². The van der Waals surface area contributed by atoms with Crippen LogP contribution in [0.5, 0.6) is 0 Å². The van der Waals surface area contributed by atoms with Crippen LogP contribution in [0, 0.1) is 5.92 Å². The summed E-state index contributed by atoms with van der Waals surface area (Å²) in [6.45, 7) is 3.91. The molecule has 0 aromatic carbocycles. The second kappa shape index (κ2) is 5.07. The molecule has 0 spiro atoms. The summed E-state index contributed by atoms with van der Waals surface area (Å²) in [4.78, 5) is 15.7. The maximum Gasteiger partial charge on any atom is 0.220 e. The zero-order valence-electron chi connectivity index (χ0n) is 9.44. The minimum absolute atomic E-state index is 0.0363. The Bertz CT molecular complexity index is 349. The zero-order valence-corrected chi connectivity index (χ0v) is 9.44. The number of nitrogens with zero attached hydrogens (tertiary/aromatic N) is 1. The highest BCUT2D eigenvalue weighted by molar-refractivity contribution is 5.76. The van der Waals surface area contributed by atoms with Gasteiger partial charge in [-0.3, -0.25) is 9.78 Å². The molecule has 1 saturated heterocycles. The van der Waals surface area contributed by atoms with E-state index in [0.29, 0.717) is 12.3 Å². The Hall–Kier alpha value is -1.42. The molecule has 2 N–H and O–H groups in total. The van der Waals surface area contributed by atoms with Gasteiger partial charge in [0.2, 0.25) is 5.91 Å². The van der Waals surface area contributed by atoms with E-state index < -0.39 is 0 Å². The Labute approximate surface area is 95.5 Å². The third-order valence-electron chi connectivity index (χ3n) is 2.90. The van der Waals surface area contributed by atoms with Gasteiger partial charge in [0.25, 0.3) is 0 Å². The first-order valence-corrected chi connectivity index (χ1v) is 5.65. The molecule has 2 rings (SSSR count). The van der Waals surface area contributed by atoms with Crippen LogP contribution in [0.4, 0.5) is 0 Å². The van der Waals surface area contributed by atoms with Gasteiger partial charge in [-0.15, -0.1) is 0 Å². The van der Waals surface area contributed by atoms with Crippen molar-refractivity contribution in [2.24, 2.45) is 5.92 Å². The van der Waals surface area contributed by atoms with E-state index in [1.165, 1.54) is 0 Å². The lowest BCUT2D eigenvalue weighted by Crippen LogP contribution is -2.44. The largest absolute Gasteiger partial charge is 0.350 e. The van der Waals surface area contributed by atoms with Gasteiger partial charge in [0.15, 0.2) is 0 Å². The Morgan fingerprint density at radius 1 is 1.69 bits per heavy atom. The van der Waals surface area contributed by atoms with Crippen molar-refractivity contribution in [2.45, 2.75) is 19.4 Å². The summed E-state index contributed by atoms with van der Waals surface area (Å²) in [5.41, 5.74) is 1.04. The minimum atomic E-state index is 0.0363. The minimum Gasteiger partial charge on any atom is -0.350 e. The van der Waals surface area contributed by atoms with E-state index in [-0.39, 0.29) is 11.9 Å². The van der Waals surface area contributed by atoms with E-state index in [0.717, 1.165) is 18.7 Å². The molecule has 0 radical (unpaired) electrons. The SMILES string of the molecule is C[C@@H](NC(=O)CC1CNC1)c1cccnc1. The molecule has 1 fully saturated rings. The maximum absolute atomic E-state index is 11.7. The fraction of sp³-hybridized carbons (Fsp3) is 0.500. The standard InChI is InChI=1S/C12H17N3O/c1-9(11-3-2-4-13-8-11)15-12(16)5-10-6-14-7-10/h2-4,8-10,14H,5-7H2,1H3,(H,15,16)/t9-/m1/s1. The van der Waals surface area contributed by atoms with Gasteiger partial charge in [-0.05, 0) is 37.6 Å². The van der Waals surface area contributed by atoms with Crippen molar-refractivity contribution in [3.63, 3.8) is 0 Å². The van der Waals surface area contributed by atoms with Gasteiger partial charge in [-0.25, -0.2) is 0 Å². The zero-order chi connectivity index (χ0) is 11.4. The molecule has 2 heterocycles. The molecule has 1 amide bonds. The lowest BCUT2D eigenvalue weighted by Gasteiger charge is -2.27. The van der Waals surface area contributed by atoms with E-state index in [9.17, 15) is 4.79 Å². The first kappa shape index (κ1) is 11.1. The highest BCUT2D eigenvalue weighted by Gasteiger charge is 2.20. The van der Waals surface area contributed by atoms with Crippen LogP contribution in [-0.4, -0.2) is 24.0 Å². The summed E-state index contributed by atoms with van der Waals surface area (Å²) < 4.78 is 0. The van der Waals surface area contributed by atoms with Gasteiger partial charge in [-0.1, -0.05) is 6.07 Å². The second-order valence-electron chi connectivity index (χ2n) is 4.30. The Morgan fingerprint density at radius 3 is 3.06 bits per heavy atom. The average Bonchev–Trinajstić information content (AvgIpc) is 2.25. The van der Waals surface area contributed by atoms with Gasteiger partial charge in [0.1, 0.15) is 0 Å². The predicted octanol–water partition coefficient (Wildman–Crippen LogP) is 0.868. The average molecular weight is 219 g/mol. The molecule has 86 valence electrons. The molecule has 1 aliphatic heterocycles. The number of nitrogens with one attached hydrogen (secondary N) is 2. The number of rotatable bonds is 4. The van der Waals surface area contributed by atoms with Crippen LogP contribution in [0.25, 0.3) is 0 Å². The van der Waals surface area contributed by atoms with Crippen LogP contribution in [-0.2, 0) is 4.79 Å². The quantitative estimate of drug-likeness (QED) is 0.790. The number of amides is 1. The van der Waals surface area contributed by atoms with Crippen LogP contribution in [0.2, 0.25) is 0 Å². The first-order chi connectivity index (χ1) is 7.75. The fourth-order valence-electron chi connectivity index (χ4n) is 1.77. The Balaban J connectivity index is 1.82. The number of aromatic nitrogens is 1. The molecule has 4 nitrogen and oxygen atoms in total. The van der Waals surface area contributed by atoms with Gasteiger partial charge in [-0.2, -0.15) is 0 Å². The topological polar surface area (TPSA) is 54.0 Å². The molecule has 0 saturated carbocycles. The van der Waals surface area contributed by atoms with Crippen molar-refractivity contribution in [3.05, 3.63) is 30.1 Å². The highest BCUT2D eigenvalue weighted by Crippen LogP contribution is 2.12. The van der Waals surface area contributed by atoms with Crippen molar-refractivity contribution in [2.75, 3.05) is 13.1 Å². The summed E-state index contributed by atoms with van der Waals surface area (Å²) in [6, 6.07) is 3.89. The molecule has 1 aromatic rings. The third-order valence-corrected chi connectivity index (χ3v) is 2.90. The lowest BCUT2D eigenvalue weighted by atomic mass is 9.99. The van der Waals surface area contributed by atoms with Crippen molar-refractivity contribution < 1.29 is 4.79 Å². The summed E-state index contributed by atoms with van der Waals surface area (Å²) in [7, 11) is 0. The van der Waals surface area contributed by atoms with Crippen LogP contribution < -0.4 is 10.6 Å². The molecule has 4 heteroatoms. The summed E-state index contributed by atoms with van der Waals surface area (Å²) >= 11 is 0. The van der Waals surface area contributed by atoms with Crippen molar-refractivity contribution in [3.8, 4) is 0 Å². The molecule has 0 unspecified atom stereocenters. The number of carbonyl (C=O) groups is 1. The van der Waals surface area contributed by atoms with Gasteiger partial charge in [0, 0.05) is 18.8 Å². The van der Waals surface area contributed by atoms with Gasteiger partial charge < -0.3 is 10.6 Å². The fourth-order valence-corrected chi connectivity index (χ4v) is 1.77. The number of pyridine rings is 1.